The Labute approximate surface area is 103 Å². The van der Waals surface area contributed by atoms with Crippen LogP contribution in [0.4, 0.5) is 0 Å². The number of aryl methyl sites for hydroxylation is 2. The molecule has 0 aromatic heterocycles. The van der Waals surface area contributed by atoms with E-state index in [1.165, 1.54) is 0 Å². The number of benzene rings is 1. The standard InChI is InChI=1S/C14H21NO2/c1-10-7-8-11(2)12(9-10)13(16)5-4-6-14(17)15-3/h7-9,13,16H,4-6H2,1-3H3,(H,15,17). The quantitative estimate of drug-likeness (QED) is 0.822. The predicted molar refractivity (Wildman–Crippen MR) is 68.8 cm³/mol. The molecule has 0 radical (unpaired) electrons. The van der Waals surface area contributed by atoms with Crippen LogP contribution in [0.5, 0.6) is 0 Å². The SMILES string of the molecule is CNC(=O)CCCC(O)c1cc(C)ccc1C. The topological polar surface area (TPSA) is 49.3 Å². The van der Waals surface area contributed by atoms with Crippen molar-refractivity contribution in [2.24, 2.45) is 0 Å². The van der Waals surface area contributed by atoms with Crippen molar-refractivity contribution in [1.29, 1.82) is 0 Å². The molecule has 0 aliphatic carbocycles. The molecule has 1 atom stereocenters. The van der Waals surface area contributed by atoms with E-state index in [1.54, 1.807) is 7.05 Å². The van der Waals surface area contributed by atoms with Gasteiger partial charge in [0.25, 0.3) is 0 Å². The normalized spacial score (nSPS) is 12.2. The first-order chi connectivity index (χ1) is 8.04. The minimum atomic E-state index is -0.473. The van der Waals surface area contributed by atoms with Gasteiger partial charge < -0.3 is 10.4 Å². The van der Waals surface area contributed by atoms with E-state index in [-0.39, 0.29) is 5.91 Å². The fourth-order valence-electron chi connectivity index (χ4n) is 1.86. The van der Waals surface area contributed by atoms with Crippen LogP contribution in [0.15, 0.2) is 18.2 Å². The number of hydrogen-bond donors (Lipinski definition) is 2. The molecule has 17 heavy (non-hydrogen) atoms. The summed E-state index contributed by atoms with van der Waals surface area (Å²) in [5, 5.41) is 12.7. The Balaban J connectivity index is 2.54. The van der Waals surface area contributed by atoms with Gasteiger partial charge in [0, 0.05) is 13.5 Å². The van der Waals surface area contributed by atoms with Gasteiger partial charge in [0.15, 0.2) is 0 Å². The van der Waals surface area contributed by atoms with Crippen molar-refractivity contribution in [2.75, 3.05) is 7.05 Å². The molecule has 3 nitrogen and oxygen atoms in total. The lowest BCUT2D eigenvalue weighted by Gasteiger charge is -2.14. The molecule has 0 bridgehead atoms. The molecule has 1 aromatic carbocycles. The highest BCUT2D eigenvalue weighted by molar-refractivity contribution is 5.75. The van der Waals surface area contributed by atoms with Crippen molar-refractivity contribution in [3.8, 4) is 0 Å². The molecular formula is C14H21NO2. The van der Waals surface area contributed by atoms with Crippen LogP contribution in [-0.4, -0.2) is 18.1 Å². The largest absolute Gasteiger partial charge is 0.388 e. The minimum Gasteiger partial charge on any atom is -0.388 e. The zero-order valence-electron chi connectivity index (χ0n) is 10.8. The van der Waals surface area contributed by atoms with Gasteiger partial charge in [0.1, 0.15) is 0 Å². The molecule has 1 unspecified atom stereocenters. The number of carbonyl (C=O) groups excluding carboxylic acids is 1. The van der Waals surface area contributed by atoms with E-state index < -0.39 is 6.10 Å². The van der Waals surface area contributed by atoms with Crippen LogP contribution >= 0.6 is 0 Å². The molecule has 0 saturated heterocycles. The average Bonchev–Trinajstić information content (AvgIpc) is 2.31. The number of aliphatic hydroxyl groups is 1. The number of hydrogen-bond acceptors (Lipinski definition) is 2. The predicted octanol–water partition coefficient (Wildman–Crippen LogP) is 2.25. The van der Waals surface area contributed by atoms with Gasteiger partial charge in [0.05, 0.1) is 6.10 Å². The molecule has 1 amide bonds. The Morgan fingerprint density at radius 3 is 2.76 bits per heavy atom. The van der Waals surface area contributed by atoms with Crippen molar-refractivity contribution >= 4 is 5.91 Å². The summed E-state index contributed by atoms with van der Waals surface area (Å²) in [6.07, 6.45) is 1.32. The maximum atomic E-state index is 11.1. The van der Waals surface area contributed by atoms with Gasteiger partial charge in [-0.15, -0.1) is 0 Å². The van der Waals surface area contributed by atoms with Crippen LogP contribution in [0.25, 0.3) is 0 Å². The van der Waals surface area contributed by atoms with Gasteiger partial charge in [-0.3, -0.25) is 4.79 Å². The summed E-state index contributed by atoms with van der Waals surface area (Å²) in [7, 11) is 1.63. The number of amides is 1. The van der Waals surface area contributed by atoms with Crippen LogP contribution in [0.1, 0.15) is 42.1 Å². The van der Waals surface area contributed by atoms with Gasteiger partial charge >= 0.3 is 0 Å². The summed E-state index contributed by atoms with van der Waals surface area (Å²) in [6, 6.07) is 6.07. The molecule has 1 rings (SSSR count). The van der Waals surface area contributed by atoms with Crippen LogP contribution in [0, 0.1) is 13.8 Å². The zero-order chi connectivity index (χ0) is 12.8. The van der Waals surface area contributed by atoms with Gasteiger partial charge in [-0.05, 0) is 37.8 Å². The molecule has 0 spiro atoms. The zero-order valence-corrected chi connectivity index (χ0v) is 10.8. The Bertz CT molecular complexity index is 388. The molecular weight excluding hydrogens is 214 g/mol. The summed E-state index contributed by atoms with van der Waals surface area (Å²) in [4.78, 5) is 11.1. The first-order valence-corrected chi connectivity index (χ1v) is 6.00. The second-order valence-corrected chi connectivity index (χ2v) is 4.44. The van der Waals surface area contributed by atoms with Crippen LogP contribution in [0.2, 0.25) is 0 Å². The van der Waals surface area contributed by atoms with Gasteiger partial charge in [0.2, 0.25) is 5.91 Å². The second kappa shape index (κ2) is 6.40. The second-order valence-electron chi connectivity index (χ2n) is 4.44. The number of carbonyl (C=O) groups is 1. The third-order valence-corrected chi connectivity index (χ3v) is 2.95. The highest BCUT2D eigenvalue weighted by atomic mass is 16.3. The molecule has 2 N–H and O–H groups in total. The van der Waals surface area contributed by atoms with E-state index >= 15 is 0 Å². The van der Waals surface area contributed by atoms with Crippen LogP contribution in [0.3, 0.4) is 0 Å². The van der Waals surface area contributed by atoms with Crippen molar-refractivity contribution in [3.05, 3.63) is 34.9 Å². The number of rotatable bonds is 5. The fourth-order valence-corrected chi connectivity index (χ4v) is 1.86. The van der Waals surface area contributed by atoms with Crippen molar-refractivity contribution in [1.82, 2.24) is 5.32 Å². The van der Waals surface area contributed by atoms with Crippen molar-refractivity contribution in [2.45, 2.75) is 39.2 Å². The van der Waals surface area contributed by atoms with E-state index in [2.05, 4.69) is 5.32 Å². The van der Waals surface area contributed by atoms with E-state index in [9.17, 15) is 9.90 Å². The molecule has 1 aromatic rings. The third-order valence-electron chi connectivity index (χ3n) is 2.95. The van der Waals surface area contributed by atoms with E-state index in [0.29, 0.717) is 19.3 Å². The summed E-state index contributed by atoms with van der Waals surface area (Å²) < 4.78 is 0. The maximum absolute atomic E-state index is 11.1. The van der Waals surface area contributed by atoms with E-state index in [4.69, 9.17) is 0 Å². The average molecular weight is 235 g/mol. The van der Waals surface area contributed by atoms with Crippen molar-refractivity contribution < 1.29 is 9.90 Å². The Morgan fingerprint density at radius 1 is 1.41 bits per heavy atom. The molecule has 94 valence electrons. The van der Waals surface area contributed by atoms with E-state index in [1.807, 2.05) is 32.0 Å². The first kappa shape index (κ1) is 13.7. The van der Waals surface area contributed by atoms with Crippen LogP contribution in [-0.2, 0) is 4.79 Å². The molecule has 0 heterocycles. The smallest absolute Gasteiger partial charge is 0.219 e. The summed E-state index contributed by atoms with van der Waals surface area (Å²) >= 11 is 0. The summed E-state index contributed by atoms with van der Waals surface area (Å²) in [5.74, 6) is 0.0261. The molecule has 0 saturated carbocycles. The fraction of sp³-hybridized carbons (Fsp3) is 0.500. The minimum absolute atomic E-state index is 0.0261. The van der Waals surface area contributed by atoms with Gasteiger partial charge in [-0.25, -0.2) is 0 Å². The van der Waals surface area contributed by atoms with Crippen LogP contribution < -0.4 is 5.32 Å². The highest BCUT2D eigenvalue weighted by Gasteiger charge is 2.11. The van der Waals surface area contributed by atoms with E-state index in [0.717, 1.165) is 16.7 Å². The Hall–Kier alpha value is -1.35. The lowest BCUT2D eigenvalue weighted by Crippen LogP contribution is -2.17. The summed E-state index contributed by atoms with van der Waals surface area (Å²) in [6.45, 7) is 4.01. The maximum Gasteiger partial charge on any atom is 0.219 e. The third kappa shape index (κ3) is 4.19. The number of aliphatic hydroxyl groups excluding tert-OH is 1. The van der Waals surface area contributed by atoms with Crippen molar-refractivity contribution in [3.63, 3.8) is 0 Å². The first-order valence-electron chi connectivity index (χ1n) is 6.00. The Kier molecular flexibility index (Phi) is 5.16. The lowest BCUT2D eigenvalue weighted by molar-refractivity contribution is -0.120. The monoisotopic (exact) mass is 235 g/mol. The molecule has 0 fully saturated rings. The van der Waals surface area contributed by atoms with Gasteiger partial charge in [-0.1, -0.05) is 23.8 Å². The molecule has 0 aliphatic heterocycles. The lowest BCUT2D eigenvalue weighted by atomic mass is 9.97. The highest BCUT2D eigenvalue weighted by Crippen LogP contribution is 2.23. The summed E-state index contributed by atoms with van der Waals surface area (Å²) in [5.41, 5.74) is 3.22. The van der Waals surface area contributed by atoms with Gasteiger partial charge in [-0.2, -0.15) is 0 Å². The molecule has 0 aliphatic rings. The molecule has 3 heteroatoms. The number of nitrogens with one attached hydrogen (secondary N) is 1. The Morgan fingerprint density at radius 2 is 2.12 bits per heavy atom.